The fourth-order valence-electron chi connectivity index (χ4n) is 2.67. The smallest absolute Gasteiger partial charge is 0.159 e. The van der Waals surface area contributed by atoms with Gasteiger partial charge in [0.2, 0.25) is 0 Å². The predicted molar refractivity (Wildman–Crippen MR) is 97.0 cm³/mol. The quantitative estimate of drug-likeness (QED) is 0.510. The molecule has 1 aliphatic carbocycles. The van der Waals surface area contributed by atoms with E-state index in [1.165, 1.54) is 25.7 Å². The summed E-state index contributed by atoms with van der Waals surface area (Å²) in [6.45, 7) is 0. The fraction of sp³-hybridized carbons (Fsp3) is 0.357. The summed E-state index contributed by atoms with van der Waals surface area (Å²) in [7, 11) is 0. The van der Waals surface area contributed by atoms with Crippen LogP contribution in [-0.4, -0.2) is 15.0 Å². The van der Waals surface area contributed by atoms with E-state index < -0.39 is 0 Å². The third-order valence-corrected chi connectivity index (χ3v) is 6.08. The summed E-state index contributed by atoms with van der Waals surface area (Å²) in [6.07, 6.45) is 6.70. The number of hydrogen-bond donors (Lipinski definition) is 1. The summed E-state index contributed by atoms with van der Waals surface area (Å²) in [6, 6.07) is 1.96. The van der Waals surface area contributed by atoms with E-state index in [9.17, 15) is 0 Å². The van der Waals surface area contributed by atoms with Gasteiger partial charge in [0.25, 0.3) is 0 Å². The summed E-state index contributed by atoms with van der Waals surface area (Å²) in [5.74, 6) is 1.24. The van der Waals surface area contributed by atoms with Gasteiger partial charge in [-0.2, -0.15) is 0 Å². The molecule has 0 bridgehead atoms. The Morgan fingerprint density at radius 2 is 1.90 bits per heavy atom. The Bertz CT molecular complexity index is 739. The molecule has 1 aliphatic rings. The molecule has 1 N–H and O–H groups in total. The minimum absolute atomic E-state index is 0.525. The average Bonchev–Trinajstić information content (AvgIpc) is 2.96. The number of H-pyrrole nitrogens is 1. The minimum Gasteiger partial charge on any atom is -0.340 e. The number of pyridine rings is 1. The molecule has 3 rings (SSSR count). The van der Waals surface area contributed by atoms with E-state index in [0.717, 1.165) is 24.8 Å². The predicted octanol–water partition coefficient (Wildman–Crippen LogP) is 6.15. The second-order valence-electron chi connectivity index (χ2n) is 5.08. The monoisotopic (exact) mass is 491 g/mol. The maximum absolute atomic E-state index is 5.40. The summed E-state index contributed by atoms with van der Waals surface area (Å²) in [5.41, 5.74) is 1.93. The molecule has 21 heavy (non-hydrogen) atoms. The van der Waals surface area contributed by atoms with Gasteiger partial charge in [-0.25, -0.2) is 4.98 Å². The second-order valence-corrected chi connectivity index (χ2v) is 8.03. The van der Waals surface area contributed by atoms with Crippen molar-refractivity contribution in [3.8, 4) is 11.5 Å². The van der Waals surface area contributed by atoms with E-state index in [0.29, 0.717) is 16.4 Å². The first-order valence-corrected chi connectivity index (χ1v) is 9.46. The minimum atomic E-state index is 0.525. The Hall–Kier alpha value is -0.110. The highest BCUT2D eigenvalue weighted by Gasteiger charge is 2.22. The molecule has 110 valence electrons. The second kappa shape index (κ2) is 6.56. The van der Waals surface area contributed by atoms with Crippen LogP contribution in [0.5, 0.6) is 0 Å². The first-order valence-electron chi connectivity index (χ1n) is 6.67. The molecule has 3 nitrogen and oxygen atoms in total. The van der Waals surface area contributed by atoms with E-state index >= 15 is 0 Å². The third-order valence-electron chi connectivity index (χ3n) is 3.69. The highest BCUT2D eigenvalue weighted by atomic mass is 79.9. The SMILES string of the molecule is S=c1nc(-c2ncc(Br)cc2Br)[nH]c(C2CCCC2)c1Br. The summed E-state index contributed by atoms with van der Waals surface area (Å²) in [5, 5.41) is 0. The van der Waals surface area contributed by atoms with Crippen molar-refractivity contribution in [2.24, 2.45) is 0 Å². The van der Waals surface area contributed by atoms with Gasteiger partial charge >= 0.3 is 0 Å². The van der Waals surface area contributed by atoms with Gasteiger partial charge in [0.1, 0.15) is 10.3 Å². The highest BCUT2D eigenvalue weighted by Crippen LogP contribution is 2.38. The van der Waals surface area contributed by atoms with Gasteiger partial charge in [-0.05, 0) is 66.7 Å². The molecule has 0 saturated heterocycles. The molecule has 0 aliphatic heterocycles. The topological polar surface area (TPSA) is 41.6 Å². The third kappa shape index (κ3) is 3.30. The van der Waals surface area contributed by atoms with Crippen molar-refractivity contribution in [3.05, 3.63) is 36.0 Å². The van der Waals surface area contributed by atoms with Gasteiger partial charge in [-0.15, -0.1) is 0 Å². The average molecular weight is 494 g/mol. The summed E-state index contributed by atoms with van der Waals surface area (Å²) >= 11 is 15.9. The summed E-state index contributed by atoms with van der Waals surface area (Å²) in [4.78, 5) is 12.3. The first kappa shape index (κ1) is 15.8. The van der Waals surface area contributed by atoms with Crippen molar-refractivity contribution < 1.29 is 0 Å². The van der Waals surface area contributed by atoms with Gasteiger partial charge in [0.15, 0.2) is 5.82 Å². The van der Waals surface area contributed by atoms with Crippen LogP contribution in [0, 0.1) is 4.64 Å². The number of aromatic amines is 1. The van der Waals surface area contributed by atoms with Gasteiger partial charge in [0.05, 0.1) is 4.47 Å². The Labute approximate surface area is 153 Å². The molecular formula is C14H12Br3N3S. The highest BCUT2D eigenvalue weighted by molar-refractivity contribution is 9.11. The van der Waals surface area contributed by atoms with E-state index in [1.807, 2.05) is 6.07 Å². The van der Waals surface area contributed by atoms with Crippen LogP contribution in [0.3, 0.4) is 0 Å². The Kier molecular flexibility index (Phi) is 4.93. The number of aromatic nitrogens is 3. The molecule has 1 fully saturated rings. The van der Waals surface area contributed by atoms with Gasteiger partial charge in [0, 0.05) is 26.8 Å². The number of hydrogen-bond acceptors (Lipinski definition) is 3. The zero-order chi connectivity index (χ0) is 15.0. The molecule has 0 spiro atoms. The molecule has 0 radical (unpaired) electrons. The largest absolute Gasteiger partial charge is 0.340 e. The van der Waals surface area contributed by atoms with Crippen molar-refractivity contribution >= 4 is 60.0 Å². The lowest BCUT2D eigenvalue weighted by Crippen LogP contribution is -2.03. The van der Waals surface area contributed by atoms with Crippen molar-refractivity contribution in [1.29, 1.82) is 0 Å². The van der Waals surface area contributed by atoms with Crippen molar-refractivity contribution in [1.82, 2.24) is 15.0 Å². The van der Waals surface area contributed by atoms with Crippen LogP contribution in [0.25, 0.3) is 11.5 Å². The van der Waals surface area contributed by atoms with Crippen LogP contribution in [0.4, 0.5) is 0 Å². The molecule has 1 saturated carbocycles. The standard InChI is InChI=1S/C14H12Br3N3S/c15-8-5-9(16)12(18-6-8)13-19-11(7-3-1-2-4-7)10(17)14(21)20-13/h5-7H,1-4H2,(H,19,20,21). The maximum Gasteiger partial charge on any atom is 0.159 e. The molecule has 2 aromatic heterocycles. The first-order chi connectivity index (χ1) is 10.1. The molecular weight excluding hydrogens is 482 g/mol. The van der Waals surface area contributed by atoms with E-state index in [-0.39, 0.29) is 0 Å². The zero-order valence-electron chi connectivity index (χ0n) is 11.0. The molecule has 0 atom stereocenters. The lowest BCUT2D eigenvalue weighted by atomic mass is 10.0. The van der Waals surface area contributed by atoms with Crippen LogP contribution >= 0.6 is 60.0 Å². The van der Waals surface area contributed by atoms with Crippen LogP contribution in [0.1, 0.15) is 37.3 Å². The van der Waals surface area contributed by atoms with Crippen molar-refractivity contribution in [2.45, 2.75) is 31.6 Å². The van der Waals surface area contributed by atoms with E-state index in [4.69, 9.17) is 12.2 Å². The Morgan fingerprint density at radius 1 is 1.19 bits per heavy atom. The summed E-state index contributed by atoms with van der Waals surface area (Å²) < 4.78 is 3.31. The maximum atomic E-state index is 5.40. The molecule has 0 unspecified atom stereocenters. The van der Waals surface area contributed by atoms with Crippen LogP contribution in [0.15, 0.2) is 25.7 Å². The van der Waals surface area contributed by atoms with Crippen LogP contribution < -0.4 is 0 Å². The molecule has 2 aromatic rings. The van der Waals surface area contributed by atoms with Gasteiger partial charge in [-0.1, -0.05) is 25.1 Å². The lowest BCUT2D eigenvalue weighted by molar-refractivity contribution is 0.689. The Balaban J connectivity index is 2.13. The fourth-order valence-corrected chi connectivity index (χ4v) is 4.56. The van der Waals surface area contributed by atoms with Crippen molar-refractivity contribution in [2.75, 3.05) is 0 Å². The normalized spacial score (nSPS) is 15.6. The molecule has 7 heteroatoms. The lowest BCUT2D eigenvalue weighted by Gasteiger charge is -2.14. The van der Waals surface area contributed by atoms with E-state index in [1.54, 1.807) is 6.20 Å². The van der Waals surface area contributed by atoms with Crippen LogP contribution in [0.2, 0.25) is 0 Å². The van der Waals surface area contributed by atoms with Gasteiger partial charge < -0.3 is 4.98 Å². The number of rotatable bonds is 2. The number of nitrogens with zero attached hydrogens (tertiary/aromatic N) is 2. The van der Waals surface area contributed by atoms with E-state index in [2.05, 4.69) is 62.7 Å². The Morgan fingerprint density at radius 3 is 2.57 bits per heavy atom. The molecule has 0 aromatic carbocycles. The van der Waals surface area contributed by atoms with Crippen LogP contribution in [-0.2, 0) is 0 Å². The van der Waals surface area contributed by atoms with Crippen molar-refractivity contribution in [3.63, 3.8) is 0 Å². The molecule has 2 heterocycles. The van der Waals surface area contributed by atoms with Gasteiger partial charge in [-0.3, -0.25) is 4.98 Å². The number of nitrogens with one attached hydrogen (secondary N) is 1. The number of halogens is 3. The molecule has 0 amide bonds. The zero-order valence-corrected chi connectivity index (χ0v) is 16.6.